The third-order valence-electron chi connectivity index (χ3n) is 4.31. The quantitative estimate of drug-likeness (QED) is 0.428. The second kappa shape index (κ2) is 10.2. The summed E-state index contributed by atoms with van der Waals surface area (Å²) in [6, 6.07) is 19.2. The first-order valence-electron chi connectivity index (χ1n) is 9.30. The molecule has 0 saturated heterocycles. The molecule has 0 unspecified atom stereocenters. The lowest BCUT2D eigenvalue weighted by Crippen LogP contribution is -2.31. The number of rotatable bonds is 9. The average Bonchev–Trinajstić information content (AvgIpc) is 2.75. The van der Waals surface area contributed by atoms with Crippen LogP contribution in [0.1, 0.15) is 11.4 Å². The van der Waals surface area contributed by atoms with Crippen LogP contribution in [-0.4, -0.2) is 28.5 Å². The van der Waals surface area contributed by atoms with Gasteiger partial charge in [-0.15, -0.1) is 0 Å². The maximum absolute atomic E-state index is 6.31. The van der Waals surface area contributed by atoms with Crippen molar-refractivity contribution in [1.29, 1.82) is 0 Å². The van der Waals surface area contributed by atoms with E-state index in [9.17, 15) is 0 Å². The molecule has 0 bridgehead atoms. The number of hydrazine groups is 1. The molecular weight excluding hydrogens is 364 g/mol. The van der Waals surface area contributed by atoms with E-state index in [2.05, 4.69) is 14.9 Å². The fourth-order valence-corrected chi connectivity index (χ4v) is 2.92. The number of nitrogens with zero attached hydrogens (tertiary/aromatic N) is 4. The first-order valence-corrected chi connectivity index (χ1v) is 9.30. The Morgan fingerprint density at radius 1 is 0.931 bits per heavy atom. The van der Waals surface area contributed by atoms with Crippen LogP contribution in [0.5, 0.6) is 5.75 Å². The van der Waals surface area contributed by atoms with Gasteiger partial charge in [0.15, 0.2) is 0 Å². The number of hydrogen-bond donors (Lipinski definition) is 2. The smallest absolute Gasteiger partial charge is 0.119 e. The summed E-state index contributed by atoms with van der Waals surface area (Å²) in [6.07, 6.45) is 5.31. The third-order valence-corrected chi connectivity index (χ3v) is 4.31. The monoisotopic (exact) mass is 390 g/mol. The van der Waals surface area contributed by atoms with Gasteiger partial charge in [-0.3, -0.25) is 19.9 Å². The van der Waals surface area contributed by atoms with Gasteiger partial charge in [-0.25, -0.2) is 5.84 Å². The van der Waals surface area contributed by atoms with Gasteiger partial charge in [0.25, 0.3) is 0 Å². The van der Waals surface area contributed by atoms with E-state index in [4.69, 9.17) is 16.3 Å². The zero-order valence-corrected chi connectivity index (χ0v) is 16.5. The first kappa shape index (κ1) is 20.3. The lowest BCUT2D eigenvalue weighted by Gasteiger charge is -2.23. The molecule has 2 heterocycles. The van der Waals surface area contributed by atoms with Crippen LogP contribution >= 0.6 is 0 Å². The molecule has 3 aromatic rings. The van der Waals surface area contributed by atoms with Crippen molar-refractivity contribution in [3.05, 3.63) is 96.3 Å². The topological polar surface area (TPSA) is 93.5 Å². The third kappa shape index (κ3) is 6.31. The predicted octanol–water partition coefficient (Wildman–Crippen LogP) is 2.67. The lowest BCUT2D eigenvalue weighted by atomic mass is 10.2. The summed E-state index contributed by atoms with van der Waals surface area (Å²) in [5, 5.41) is 1.51. The predicted molar refractivity (Wildman–Crippen MR) is 115 cm³/mol. The molecule has 150 valence electrons. The lowest BCUT2D eigenvalue weighted by molar-refractivity contribution is 0.271. The Morgan fingerprint density at radius 2 is 1.52 bits per heavy atom. The molecule has 3 rings (SSSR count). The highest BCUT2D eigenvalue weighted by molar-refractivity contribution is 5.50. The van der Waals surface area contributed by atoms with Crippen molar-refractivity contribution < 1.29 is 4.74 Å². The fourth-order valence-electron chi connectivity index (χ4n) is 2.92. The molecular formula is C22H26N6O. The van der Waals surface area contributed by atoms with E-state index in [1.54, 1.807) is 25.7 Å². The molecule has 0 fully saturated rings. The second-order valence-electron chi connectivity index (χ2n) is 6.60. The molecule has 0 radical (unpaired) electrons. The van der Waals surface area contributed by atoms with Gasteiger partial charge >= 0.3 is 0 Å². The molecule has 4 N–H and O–H groups in total. The Labute approximate surface area is 171 Å². The van der Waals surface area contributed by atoms with Crippen LogP contribution in [0.4, 0.5) is 5.69 Å². The van der Waals surface area contributed by atoms with Crippen molar-refractivity contribution in [2.24, 2.45) is 11.6 Å². The van der Waals surface area contributed by atoms with E-state index in [1.165, 1.54) is 5.01 Å². The molecule has 7 nitrogen and oxygen atoms in total. The average molecular weight is 390 g/mol. The molecule has 0 aliphatic heterocycles. The summed E-state index contributed by atoms with van der Waals surface area (Å²) in [5.41, 5.74) is 9.69. The largest absolute Gasteiger partial charge is 0.497 e. The van der Waals surface area contributed by atoms with Crippen LogP contribution in [0, 0.1) is 0 Å². The van der Waals surface area contributed by atoms with E-state index in [0.717, 1.165) is 22.8 Å². The van der Waals surface area contributed by atoms with Crippen molar-refractivity contribution in [3.8, 4) is 5.75 Å². The van der Waals surface area contributed by atoms with Crippen molar-refractivity contribution >= 4 is 5.69 Å². The van der Waals surface area contributed by atoms with E-state index < -0.39 is 0 Å². The van der Waals surface area contributed by atoms with Gasteiger partial charge < -0.3 is 10.5 Å². The van der Waals surface area contributed by atoms with Gasteiger partial charge in [-0.2, -0.15) is 0 Å². The van der Waals surface area contributed by atoms with Gasteiger partial charge in [0, 0.05) is 43.9 Å². The maximum Gasteiger partial charge on any atom is 0.119 e. The van der Waals surface area contributed by atoms with Crippen LogP contribution in [0.2, 0.25) is 0 Å². The van der Waals surface area contributed by atoms with Gasteiger partial charge in [0.2, 0.25) is 0 Å². The zero-order valence-electron chi connectivity index (χ0n) is 16.5. The molecule has 0 atom stereocenters. The van der Waals surface area contributed by atoms with E-state index in [-0.39, 0.29) is 0 Å². The van der Waals surface area contributed by atoms with Gasteiger partial charge in [-0.05, 0) is 48.5 Å². The summed E-state index contributed by atoms with van der Waals surface area (Å²) in [7, 11) is 1.63. The van der Waals surface area contributed by atoms with Crippen LogP contribution in [0.3, 0.4) is 0 Å². The molecule has 0 spiro atoms. The molecule has 29 heavy (non-hydrogen) atoms. The zero-order chi connectivity index (χ0) is 20.5. The molecule has 0 amide bonds. The van der Waals surface area contributed by atoms with Gasteiger partial charge in [0.1, 0.15) is 5.75 Å². The van der Waals surface area contributed by atoms with Crippen molar-refractivity contribution in [1.82, 2.24) is 14.9 Å². The Morgan fingerprint density at radius 3 is 2.00 bits per heavy atom. The number of hydrogen-bond acceptors (Lipinski definition) is 7. The van der Waals surface area contributed by atoms with Gasteiger partial charge in [0.05, 0.1) is 24.2 Å². The van der Waals surface area contributed by atoms with Crippen molar-refractivity contribution in [2.75, 3.05) is 18.7 Å². The second-order valence-corrected chi connectivity index (χ2v) is 6.60. The van der Waals surface area contributed by atoms with Gasteiger partial charge in [-0.1, -0.05) is 12.1 Å². The number of anilines is 1. The molecule has 0 saturated carbocycles. The number of benzene rings is 1. The Bertz CT molecular complexity index is 858. The maximum atomic E-state index is 6.31. The van der Waals surface area contributed by atoms with Crippen LogP contribution < -0.4 is 21.3 Å². The summed E-state index contributed by atoms with van der Waals surface area (Å²) in [4.78, 5) is 11.0. The van der Waals surface area contributed by atoms with Crippen LogP contribution in [0.15, 0.2) is 85.0 Å². The van der Waals surface area contributed by atoms with E-state index in [0.29, 0.717) is 25.3 Å². The Hall–Kier alpha value is -3.42. The number of methoxy groups -OCH3 is 1. The SMILES string of the molecule is COc1ccc(N(N)/C=C(\N)CN(Cc2ccccn2)Cc2ccccn2)cc1. The highest BCUT2D eigenvalue weighted by Gasteiger charge is 2.11. The van der Waals surface area contributed by atoms with E-state index in [1.807, 2.05) is 60.7 Å². The van der Waals surface area contributed by atoms with E-state index >= 15 is 0 Å². The molecule has 0 aliphatic rings. The molecule has 1 aromatic carbocycles. The minimum Gasteiger partial charge on any atom is -0.497 e. The van der Waals surface area contributed by atoms with Crippen LogP contribution in [-0.2, 0) is 13.1 Å². The standard InChI is InChI=1S/C22H26N6O/c1-29-22-10-8-21(9-11-22)28(24)15-18(23)14-27(16-19-6-2-4-12-25-19)17-20-7-3-5-13-26-20/h2-13,15H,14,16-17,23-24H2,1H3/b18-15-. The summed E-state index contributed by atoms with van der Waals surface area (Å²) in [6.45, 7) is 1.83. The van der Waals surface area contributed by atoms with Crippen molar-refractivity contribution in [3.63, 3.8) is 0 Å². The van der Waals surface area contributed by atoms with Crippen LogP contribution in [0.25, 0.3) is 0 Å². The number of ether oxygens (including phenoxy) is 1. The Balaban J connectivity index is 1.71. The number of nitrogens with two attached hydrogens (primary N) is 2. The fraction of sp³-hybridized carbons (Fsp3) is 0.182. The highest BCUT2D eigenvalue weighted by Crippen LogP contribution is 2.18. The Kier molecular flexibility index (Phi) is 7.16. The number of aromatic nitrogens is 2. The highest BCUT2D eigenvalue weighted by atomic mass is 16.5. The normalized spacial score (nSPS) is 11.5. The molecule has 2 aromatic heterocycles. The molecule has 0 aliphatic carbocycles. The summed E-state index contributed by atoms with van der Waals surface area (Å²) < 4.78 is 5.18. The first-order chi connectivity index (χ1) is 14.1. The molecule has 7 heteroatoms. The minimum atomic E-state index is 0.525. The minimum absolute atomic E-state index is 0.525. The summed E-state index contributed by atoms with van der Waals surface area (Å²) in [5.74, 6) is 6.94. The number of pyridine rings is 2. The summed E-state index contributed by atoms with van der Waals surface area (Å²) >= 11 is 0. The van der Waals surface area contributed by atoms with Crippen molar-refractivity contribution in [2.45, 2.75) is 13.1 Å².